The molecule has 2 aliphatic heterocycles. The number of carboxylic acids is 1. The molecule has 3 atom stereocenters. The van der Waals surface area contributed by atoms with Crippen molar-refractivity contribution in [1.82, 2.24) is 15.5 Å². The van der Waals surface area contributed by atoms with Gasteiger partial charge in [0, 0.05) is 22.7 Å². The van der Waals surface area contributed by atoms with Gasteiger partial charge in [-0.15, -0.1) is 11.8 Å². The highest BCUT2D eigenvalue weighted by molar-refractivity contribution is 8.01. The van der Waals surface area contributed by atoms with E-state index in [1.807, 2.05) is 13.8 Å². The van der Waals surface area contributed by atoms with E-state index in [0.29, 0.717) is 13.0 Å². The number of thioether (sulfide) groups is 1. The SMILES string of the molecule is CC1(C)S[C@@H]2[C@@H](C(=O)O)NC(=O)N2[C@H]1C(=O)NCCCN=[N+]=[N-]. The van der Waals surface area contributed by atoms with Crippen molar-refractivity contribution in [3.05, 3.63) is 10.4 Å². The van der Waals surface area contributed by atoms with E-state index in [2.05, 4.69) is 20.7 Å². The summed E-state index contributed by atoms with van der Waals surface area (Å²) in [6, 6.07) is -2.34. The highest BCUT2D eigenvalue weighted by atomic mass is 32.2. The molecule has 2 fully saturated rings. The maximum atomic E-state index is 12.5. The van der Waals surface area contributed by atoms with Crippen molar-refractivity contribution in [1.29, 1.82) is 0 Å². The number of nitrogens with zero attached hydrogens (tertiary/aromatic N) is 4. The number of hydrogen-bond donors (Lipinski definition) is 3. The summed E-state index contributed by atoms with van der Waals surface area (Å²) in [7, 11) is 0. The minimum Gasteiger partial charge on any atom is -0.480 e. The largest absolute Gasteiger partial charge is 0.480 e. The molecule has 2 rings (SSSR count). The molecule has 0 aromatic rings. The summed E-state index contributed by atoms with van der Waals surface area (Å²) in [5.74, 6) is -1.46. The summed E-state index contributed by atoms with van der Waals surface area (Å²) in [5.41, 5.74) is 8.19. The molecule has 3 N–H and O–H groups in total. The second kappa shape index (κ2) is 6.55. The van der Waals surface area contributed by atoms with E-state index in [-0.39, 0.29) is 12.5 Å². The number of azide groups is 1. The van der Waals surface area contributed by atoms with Crippen LogP contribution in [-0.2, 0) is 9.59 Å². The molecular weight excluding hydrogens is 324 g/mol. The Morgan fingerprint density at radius 1 is 1.57 bits per heavy atom. The standard InChI is InChI=1S/C12H18N6O4S/c1-12(2)7(8(19)14-4-3-5-15-17-13)18-9(23-12)6(10(20)21)16-11(18)22/h6-7,9H,3-5H2,1-2H3,(H,14,19)(H,16,22)(H,20,21)/t6-,7-,9+/m0/s1. The molecule has 0 radical (unpaired) electrons. The van der Waals surface area contributed by atoms with Gasteiger partial charge in [-0.05, 0) is 25.8 Å². The van der Waals surface area contributed by atoms with E-state index in [1.54, 1.807) is 0 Å². The van der Waals surface area contributed by atoms with E-state index >= 15 is 0 Å². The van der Waals surface area contributed by atoms with Gasteiger partial charge in [-0.3, -0.25) is 9.69 Å². The number of rotatable bonds is 6. The van der Waals surface area contributed by atoms with Crippen molar-refractivity contribution >= 4 is 29.7 Å². The van der Waals surface area contributed by atoms with Gasteiger partial charge in [0.15, 0.2) is 6.04 Å². The Morgan fingerprint density at radius 2 is 2.26 bits per heavy atom. The fraction of sp³-hybridized carbons (Fsp3) is 0.750. The molecule has 0 bridgehead atoms. The van der Waals surface area contributed by atoms with Crippen LogP contribution in [0.3, 0.4) is 0 Å². The minimum atomic E-state index is -1.12. The Labute approximate surface area is 136 Å². The van der Waals surface area contributed by atoms with Gasteiger partial charge in [0.25, 0.3) is 0 Å². The van der Waals surface area contributed by atoms with Gasteiger partial charge in [0.2, 0.25) is 5.91 Å². The van der Waals surface area contributed by atoms with E-state index in [4.69, 9.17) is 5.53 Å². The van der Waals surface area contributed by atoms with Crippen LogP contribution in [0, 0.1) is 0 Å². The van der Waals surface area contributed by atoms with Crippen LogP contribution >= 0.6 is 11.8 Å². The number of carboxylic acid groups (broad SMARTS) is 1. The Kier molecular flexibility index (Phi) is 4.90. The van der Waals surface area contributed by atoms with Gasteiger partial charge in [-0.25, -0.2) is 9.59 Å². The Hall–Kier alpha value is -2.13. The number of urea groups is 1. The molecule has 0 saturated carbocycles. The van der Waals surface area contributed by atoms with Gasteiger partial charge >= 0.3 is 12.0 Å². The van der Waals surface area contributed by atoms with Crippen molar-refractivity contribution < 1.29 is 19.5 Å². The average Bonchev–Trinajstić information content (AvgIpc) is 2.91. The van der Waals surface area contributed by atoms with Crippen LogP contribution in [-0.4, -0.2) is 63.2 Å². The second-order valence-electron chi connectivity index (χ2n) is 5.79. The van der Waals surface area contributed by atoms with Crippen LogP contribution in [0.25, 0.3) is 10.4 Å². The smallest absolute Gasteiger partial charge is 0.329 e. The molecule has 0 aromatic carbocycles. The molecule has 0 aromatic heterocycles. The summed E-state index contributed by atoms with van der Waals surface area (Å²) >= 11 is 1.30. The van der Waals surface area contributed by atoms with Crippen LogP contribution in [0.15, 0.2) is 5.11 Å². The van der Waals surface area contributed by atoms with E-state index in [9.17, 15) is 19.5 Å². The lowest BCUT2D eigenvalue weighted by molar-refractivity contribution is -0.139. The number of carbonyl (C=O) groups is 3. The first kappa shape index (κ1) is 17.2. The van der Waals surface area contributed by atoms with Crippen LogP contribution in [0.1, 0.15) is 20.3 Å². The number of amides is 3. The summed E-state index contributed by atoms with van der Waals surface area (Å²) in [5, 5.41) is 17.1. The molecule has 3 amide bonds. The van der Waals surface area contributed by atoms with Crippen molar-refractivity contribution in [3.8, 4) is 0 Å². The molecule has 10 nitrogen and oxygen atoms in total. The van der Waals surface area contributed by atoms with Crippen LogP contribution in [0.2, 0.25) is 0 Å². The zero-order valence-corrected chi connectivity index (χ0v) is 13.5. The minimum absolute atomic E-state index is 0.271. The van der Waals surface area contributed by atoms with Gasteiger partial charge in [0.1, 0.15) is 11.4 Å². The summed E-state index contributed by atoms with van der Waals surface area (Å²) in [6.45, 7) is 4.21. The number of nitrogens with one attached hydrogen (secondary N) is 2. The fourth-order valence-electron chi connectivity index (χ4n) is 2.78. The van der Waals surface area contributed by atoms with Crippen molar-refractivity contribution in [2.24, 2.45) is 5.11 Å². The number of aliphatic carboxylic acids is 1. The van der Waals surface area contributed by atoms with E-state index < -0.39 is 34.2 Å². The molecule has 0 aliphatic carbocycles. The third kappa shape index (κ3) is 3.30. The second-order valence-corrected chi connectivity index (χ2v) is 7.56. The van der Waals surface area contributed by atoms with E-state index in [1.165, 1.54) is 16.7 Å². The van der Waals surface area contributed by atoms with Gasteiger partial charge in [0.05, 0.1) is 0 Å². The van der Waals surface area contributed by atoms with Gasteiger partial charge in [-0.2, -0.15) is 0 Å². The number of carbonyl (C=O) groups excluding carboxylic acids is 2. The molecular formula is C12H18N6O4S. The average molecular weight is 342 g/mol. The lowest BCUT2D eigenvalue weighted by Crippen LogP contribution is -2.53. The predicted molar refractivity (Wildman–Crippen MR) is 82.7 cm³/mol. The predicted octanol–water partition coefficient (Wildman–Crippen LogP) is 0.501. The topological polar surface area (TPSA) is 148 Å². The normalized spacial score (nSPS) is 27.8. The molecule has 23 heavy (non-hydrogen) atoms. The molecule has 126 valence electrons. The van der Waals surface area contributed by atoms with Crippen LogP contribution < -0.4 is 10.6 Å². The summed E-state index contributed by atoms with van der Waals surface area (Å²) in [6.07, 6.45) is 0.490. The monoisotopic (exact) mass is 342 g/mol. The zero-order valence-electron chi connectivity index (χ0n) is 12.7. The summed E-state index contributed by atoms with van der Waals surface area (Å²) < 4.78 is -0.606. The number of hydrogen-bond acceptors (Lipinski definition) is 5. The fourth-order valence-corrected chi connectivity index (χ4v) is 4.41. The zero-order chi connectivity index (χ0) is 17.2. The van der Waals surface area contributed by atoms with Crippen LogP contribution in [0.4, 0.5) is 4.79 Å². The van der Waals surface area contributed by atoms with Gasteiger partial charge < -0.3 is 15.7 Å². The Bertz CT molecular complexity index is 576. The molecule has 2 heterocycles. The lowest BCUT2D eigenvalue weighted by atomic mass is 10.0. The molecule has 11 heteroatoms. The first-order valence-corrected chi connectivity index (χ1v) is 7.95. The first-order chi connectivity index (χ1) is 10.8. The van der Waals surface area contributed by atoms with Crippen molar-refractivity contribution in [3.63, 3.8) is 0 Å². The third-order valence-electron chi connectivity index (χ3n) is 3.75. The highest BCUT2D eigenvalue weighted by Gasteiger charge is 2.60. The molecule has 0 spiro atoms. The summed E-state index contributed by atoms with van der Waals surface area (Å²) in [4.78, 5) is 39.7. The number of fused-ring (bicyclic) bond motifs is 1. The quantitative estimate of drug-likeness (QED) is 0.278. The maximum absolute atomic E-state index is 12.5. The van der Waals surface area contributed by atoms with Crippen molar-refractivity contribution in [2.45, 2.75) is 42.5 Å². The van der Waals surface area contributed by atoms with Crippen molar-refractivity contribution in [2.75, 3.05) is 13.1 Å². The molecule has 0 unspecified atom stereocenters. The highest BCUT2D eigenvalue weighted by Crippen LogP contribution is 2.47. The lowest BCUT2D eigenvalue weighted by Gasteiger charge is -2.28. The van der Waals surface area contributed by atoms with E-state index in [0.717, 1.165) is 0 Å². The van der Waals surface area contributed by atoms with Crippen LogP contribution in [0.5, 0.6) is 0 Å². The molecule has 2 aliphatic rings. The Morgan fingerprint density at radius 3 is 2.87 bits per heavy atom. The molecule has 2 saturated heterocycles. The Balaban J connectivity index is 2.08. The van der Waals surface area contributed by atoms with Gasteiger partial charge in [-0.1, -0.05) is 5.11 Å². The maximum Gasteiger partial charge on any atom is 0.329 e. The first-order valence-electron chi connectivity index (χ1n) is 7.07. The third-order valence-corrected chi connectivity index (χ3v) is 5.32.